The Morgan fingerprint density at radius 3 is 2.60 bits per heavy atom. The van der Waals surface area contributed by atoms with Gasteiger partial charge in [0.1, 0.15) is 0 Å². The van der Waals surface area contributed by atoms with Gasteiger partial charge in [-0.3, -0.25) is 0 Å². The van der Waals surface area contributed by atoms with Gasteiger partial charge in [-0.2, -0.15) is 5.26 Å². The van der Waals surface area contributed by atoms with E-state index < -0.39 is 0 Å². The largest absolute Gasteiger partial charge is 0.330 e. The van der Waals surface area contributed by atoms with E-state index in [9.17, 15) is 0 Å². The monoisotopic (exact) mass is 207 g/mol. The lowest BCUT2D eigenvalue weighted by atomic mass is 10.00. The van der Waals surface area contributed by atoms with Gasteiger partial charge in [0, 0.05) is 12.1 Å². The van der Waals surface area contributed by atoms with Crippen molar-refractivity contribution < 1.29 is 0 Å². The van der Waals surface area contributed by atoms with Crippen LogP contribution in [0.3, 0.4) is 0 Å². The molecule has 2 fully saturated rings. The second-order valence-electron chi connectivity index (χ2n) is 4.97. The molecule has 2 saturated carbocycles. The topological polar surface area (TPSA) is 61.8 Å². The van der Waals surface area contributed by atoms with Gasteiger partial charge >= 0.3 is 0 Å². The van der Waals surface area contributed by atoms with E-state index in [1.807, 2.05) is 0 Å². The maximum Gasteiger partial charge on any atom is 0.0672 e. The molecule has 2 rings (SSSR count). The highest BCUT2D eigenvalue weighted by Crippen LogP contribution is 2.30. The van der Waals surface area contributed by atoms with Crippen LogP contribution in [0, 0.1) is 23.2 Å². The molecule has 0 radical (unpaired) electrons. The van der Waals surface area contributed by atoms with Crippen LogP contribution in [-0.2, 0) is 0 Å². The van der Waals surface area contributed by atoms with E-state index in [0.717, 1.165) is 13.0 Å². The Bertz CT molecular complexity index is 246. The van der Waals surface area contributed by atoms with E-state index in [1.54, 1.807) is 0 Å². The van der Waals surface area contributed by atoms with Crippen molar-refractivity contribution in [2.45, 2.75) is 50.6 Å². The molecule has 4 unspecified atom stereocenters. The standard InChI is InChI=1S/C12H21N3/c13-7-9-3-1-5-11(9)15-12-6-2-4-10(12)8-14/h9-12,15H,1-7,13H2. The first kappa shape index (κ1) is 10.9. The van der Waals surface area contributed by atoms with Crippen molar-refractivity contribution in [3.8, 4) is 6.07 Å². The number of rotatable bonds is 3. The minimum atomic E-state index is 0.240. The average molecular weight is 207 g/mol. The molecule has 0 spiro atoms. The first-order valence-electron chi connectivity index (χ1n) is 6.21. The quantitative estimate of drug-likeness (QED) is 0.735. The second-order valence-corrected chi connectivity index (χ2v) is 4.97. The molecule has 3 heteroatoms. The van der Waals surface area contributed by atoms with Crippen molar-refractivity contribution in [2.75, 3.05) is 6.54 Å². The number of nitrogens with one attached hydrogen (secondary N) is 1. The number of hydrogen-bond acceptors (Lipinski definition) is 3. The Hall–Kier alpha value is -0.590. The van der Waals surface area contributed by atoms with E-state index in [1.165, 1.54) is 32.1 Å². The number of nitriles is 1. The van der Waals surface area contributed by atoms with Crippen molar-refractivity contribution in [1.29, 1.82) is 5.26 Å². The molecule has 3 nitrogen and oxygen atoms in total. The summed E-state index contributed by atoms with van der Waals surface area (Å²) < 4.78 is 0. The third kappa shape index (κ3) is 2.32. The highest BCUT2D eigenvalue weighted by atomic mass is 15.0. The lowest BCUT2D eigenvalue weighted by molar-refractivity contribution is 0.340. The molecule has 0 aromatic rings. The van der Waals surface area contributed by atoms with Gasteiger partial charge in [-0.25, -0.2) is 0 Å². The van der Waals surface area contributed by atoms with E-state index in [0.29, 0.717) is 18.0 Å². The molecule has 2 aliphatic carbocycles. The predicted octanol–water partition coefficient (Wildman–Crippen LogP) is 1.40. The van der Waals surface area contributed by atoms with Crippen molar-refractivity contribution in [2.24, 2.45) is 17.6 Å². The summed E-state index contributed by atoms with van der Waals surface area (Å²) in [5.74, 6) is 0.883. The SMILES string of the molecule is N#CC1CCCC1NC1CCCC1CN. The first-order chi connectivity index (χ1) is 7.35. The fourth-order valence-electron chi connectivity index (χ4n) is 3.13. The molecule has 15 heavy (non-hydrogen) atoms. The van der Waals surface area contributed by atoms with Gasteiger partial charge in [0.2, 0.25) is 0 Å². The molecule has 0 saturated heterocycles. The first-order valence-corrected chi connectivity index (χ1v) is 6.21. The molecule has 0 aliphatic heterocycles. The Labute approximate surface area is 92.0 Å². The summed E-state index contributed by atoms with van der Waals surface area (Å²) in [5.41, 5.74) is 5.76. The maximum absolute atomic E-state index is 9.02. The average Bonchev–Trinajstić information content (AvgIpc) is 2.87. The zero-order valence-corrected chi connectivity index (χ0v) is 9.28. The van der Waals surface area contributed by atoms with Crippen LogP contribution in [0.15, 0.2) is 0 Å². The van der Waals surface area contributed by atoms with Gasteiger partial charge in [0.05, 0.1) is 12.0 Å². The van der Waals surface area contributed by atoms with Gasteiger partial charge in [-0.1, -0.05) is 12.8 Å². The highest BCUT2D eigenvalue weighted by Gasteiger charge is 2.33. The number of nitrogens with two attached hydrogens (primary N) is 1. The molecule has 2 aliphatic rings. The zero-order valence-electron chi connectivity index (χ0n) is 9.28. The van der Waals surface area contributed by atoms with Gasteiger partial charge in [0.25, 0.3) is 0 Å². The third-order valence-corrected chi connectivity index (χ3v) is 4.07. The summed E-state index contributed by atoms with van der Waals surface area (Å²) in [5, 5.41) is 12.7. The molecule has 0 amide bonds. The fraction of sp³-hybridized carbons (Fsp3) is 0.917. The summed E-state index contributed by atoms with van der Waals surface area (Å²) in [7, 11) is 0. The van der Waals surface area contributed by atoms with Gasteiger partial charge in [0.15, 0.2) is 0 Å². The van der Waals surface area contributed by atoms with Crippen LogP contribution in [0.25, 0.3) is 0 Å². The summed E-state index contributed by atoms with van der Waals surface area (Å²) in [6, 6.07) is 3.44. The van der Waals surface area contributed by atoms with Gasteiger partial charge in [-0.05, 0) is 38.1 Å². The van der Waals surface area contributed by atoms with E-state index >= 15 is 0 Å². The van der Waals surface area contributed by atoms with E-state index in [2.05, 4.69) is 11.4 Å². The minimum absolute atomic E-state index is 0.240. The summed E-state index contributed by atoms with van der Waals surface area (Å²) in [6.07, 6.45) is 7.26. The van der Waals surface area contributed by atoms with Crippen molar-refractivity contribution in [3.63, 3.8) is 0 Å². The third-order valence-electron chi connectivity index (χ3n) is 4.07. The molecule has 84 valence electrons. The van der Waals surface area contributed by atoms with Crippen LogP contribution in [0.2, 0.25) is 0 Å². The maximum atomic E-state index is 9.02. The Morgan fingerprint density at radius 2 is 1.87 bits per heavy atom. The smallest absolute Gasteiger partial charge is 0.0672 e. The van der Waals surface area contributed by atoms with Crippen molar-refractivity contribution in [1.82, 2.24) is 5.32 Å². The van der Waals surface area contributed by atoms with Crippen LogP contribution in [0.5, 0.6) is 0 Å². The lowest BCUT2D eigenvalue weighted by Crippen LogP contribution is -2.43. The van der Waals surface area contributed by atoms with Crippen LogP contribution < -0.4 is 11.1 Å². The second kappa shape index (κ2) is 4.96. The molecular formula is C12H21N3. The highest BCUT2D eigenvalue weighted by molar-refractivity contribution is 4.99. The fourth-order valence-corrected chi connectivity index (χ4v) is 3.13. The Kier molecular flexibility index (Phi) is 3.61. The summed E-state index contributed by atoms with van der Waals surface area (Å²) in [4.78, 5) is 0. The number of nitrogens with zero attached hydrogens (tertiary/aromatic N) is 1. The molecule has 0 bridgehead atoms. The Balaban J connectivity index is 1.88. The van der Waals surface area contributed by atoms with Crippen LogP contribution in [0.4, 0.5) is 0 Å². The van der Waals surface area contributed by atoms with E-state index in [4.69, 9.17) is 11.0 Å². The number of hydrogen-bond donors (Lipinski definition) is 2. The predicted molar refractivity (Wildman–Crippen MR) is 60.1 cm³/mol. The molecule has 0 heterocycles. The molecule has 3 N–H and O–H groups in total. The summed E-state index contributed by atoms with van der Waals surface area (Å²) in [6.45, 7) is 0.793. The summed E-state index contributed by atoms with van der Waals surface area (Å²) >= 11 is 0. The molecule has 4 atom stereocenters. The zero-order chi connectivity index (χ0) is 10.7. The van der Waals surface area contributed by atoms with Crippen LogP contribution in [-0.4, -0.2) is 18.6 Å². The van der Waals surface area contributed by atoms with E-state index in [-0.39, 0.29) is 5.92 Å². The van der Waals surface area contributed by atoms with Crippen molar-refractivity contribution in [3.05, 3.63) is 0 Å². The lowest BCUT2D eigenvalue weighted by Gasteiger charge is -2.25. The van der Waals surface area contributed by atoms with Crippen LogP contribution >= 0.6 is 0 Å². The van der Waals surface area contributed by atoms with Gasteiger partial charge in [-0.15, -0.1) is 0 Å². The normalized spacial score (nSPS) is 40.5. The molecule has 0 aromatic carbocycles. The minimum Gasteiger partial charge on any atom is -0.330 e. The Morgan fingerprint density at radius 1 is 1.13 bits per heavy atom. The molecule has 0 aromatic heterocycles. The molecular weight excluding hydrogens is 186 g/mol. The van der Waals surface area contributed by atoms with Crippen LogP contribution in [0.1, 0.15) is 38.5 Å². The van der Waals surface area contributed by atoms with Gasteiger partial charge < -0.3 is 11.1 Å². The van der Waals surface area contributed by atoms with Crippen molar-refractivity contribution >= 4 is 0 Å².